The summed E-state index contributed by atoms with van der Waals surface area (Å²) in [5.41, 5.74) is 1.65. The second-order valence-corrected chi connectivity index (χ2v) is 9.27. The molecule has 0 spiro atoms. The molecule has 36 heavy (non-hydrogen) atoms. The maximum Gasteiger partial charge on any atom is 0.279 e. The molecule has 3 N–H and O–H groups in total. The summed E-state index contributed by atoms with van der Waals surface area (Å²) in [5.74, 6) is -0.371. The van der Waals surface area contributed by atoms with E-state index in [2.05, 4.69) is 20.3 Å². The molecule has 0 atom stereocenters. The molecule has 0 bridgehead atoms. The van der Waals surface area contributed by atoms with Crippen LogP contribution in [0.3, 0.4) is 0 Å². The number of carbonyl (C=O) groups excluding carboxylic acids is 1. The first-order valence-electron chi connectivity index (χ1n) is 10.7. The van der Waals surface area contributed by atoms with E-state index in [0.29, 0.717) is 17.1 Å². The van der Waals surface area contributed by atoms with Crippen molar-refractivity contribution in [1.82, 2.24) is 0 Å². The van der Waals surface area contributed by atoms with E-state index < -0.39 is 15.9 Å². The highest BCUT2D eigenvalue weighted by molar-refractivity contribution is 7.92. The monoisotopic (exact) mass is 510 g/mol. The largest absolute Gasteiger partial charge is 0.510 e. The van der Waals surface area contributed by atoms with Gasteiger partial charge in [0.25, 0.3) is 15.9 Å². The van der Waals surface area contributed by atoms with Gasteiger partial charge >= 0.3 is 0 Å². The normalized spacial score (nSPS) is 12.1. The van der Waals surface area contributed by atoms with Gasteiger partial charge in [0, 0.05) is 11.4 Å². The zero-order valence-corrected chi connectivity index (χ0v) is 21.0. The van der Waals surface area contributed by atoms with Crippen molar-refractivity contribution in [2.45, 2.75) is 18.7 Å². The van der Waals surface area contributed by atoms with Gasteiger partial charge in [0.15, 0.2) is 5.70 Å². The number of nitrogens with zero attached hydrogens (tertiary/aromatic N) is 2. The SMILES string of the molecule is COc1ccc(NS(=O)(=O)c2cc(N=NC(C(=O)Nc3ccc(C)cc3)=C(C)O)ccc2OC)cc1. The first kappa shape index (κ1) is 26.2. The number of ether oxygens (including phenoxy) is 2. The van der Waals surface area contributed by atoms with Gasteiger partial charge in [-0.15, -0.1) is 5.11 Å². The fourth-order valence-corrected chi connectivity index (χ4v) is 4.27. The molecule has 3 aromatic rings. The number of allylic oxidation sites excluding steroid dienone is 1. The molecule has 0 aliphatic carbocycles. The molecule has 0 saturated heterocycles. The van der Waals surface area contributed by atoms with Crippen LogP contribution in [0.1, 0.15) is 12.5 Å². The summed E-state index contributed by atoms with van der Waals surface area (Å²) in [5, 5.41) is 20.4. The fourth-order valence-electron chi connectivity index (χ4n) is 3.02. The lowest BCUT2D eigenvalue weighted by atomic mass is 10.2. The molecule has 0 aromatic heterocycles. The molecule has 188 valence electrons. The Kier molecular flexibility index (Phi) is 8.28. The van der Waals surface area contributed by atoms with Crippen molar-refractivity contribution in [3.05, 3.63) is 83.7 Å². The van der Waals surface area contributed by atoms with E-state index in [0.717, 1.165) is 5.56 Å². The van der Waals surface area contributed by atoms with Crippen LogP contribution in [0, 0.1) is 6.92 Å². The first-order chi connectivity index (χ1) is 17.1. The molecule has 0 saturated carbocycles. The van der Waals surface area contributed by atoms with Crippen molar-refractivity contribution < 1.29 is 27.8 Å². The highest BCUT2D eigenvalue weighted by atomic mass is 32.2. The smallest absolute Gasteiger partial charge is 0.279 e. The Bertz CT molecular complexity index is 1400. The number of aliphatic hydroxyl groups is 1. The Morgan fingerprint density at radius 1 is 0.917 bits per heavy atom. The predicted octanol–water partition coefficient (Wildman–Crippen LogP) is 5.32. The van der Waals surface area contributed by atoms with E-state index in [1.165, 1.54) is 39.3 Å². The summed E-state index contributed by atoms with van der Waals surface area (Å²) in [4.78, 5) is 12.4. The standard InChI is InChI=1S/C25H26N4O6S/c1-16-5-7-18(8-6-16)26-25(31)24(17(2)30)28-27-20-11-14-22(35-4)23(15-20)36(32,33)29-19-9-12-21(34-3)13-10-19/h5-15,29-30H,1-4H3,(H,26,31). The number of aliphatic hydroxyl groups excluding tert-OH is 1. The Morgan fingerprint density at radius 2 is 1.56 bits per heavy atom. The summed E-state index contributed by atoms with van der Waals surface area (Å²) in [6.07, 6.45) is 0. The number of hydrogen-bond donors (Lipinski definition) is 3. The molecule has 3 rings (SSSR count). The van der Waals surface area contributed by atoms with E-state index in [1.54, 1.807) is 36.4 Å². The predicted molar refractivity (Wildman–Crippen MR) is 136 cm³/mol. The summed E-state index contributed by atoms with van der Waals surface area (Å²) in [6, 6.07) is 17.6. The zero-order valence-electron chi connectivity index (χ0n) is 20.1. The van der Waals surface area contributed by atoms with Gasteiger partial charge < -0.3 is 19.9 Å². The minimum absolute atomic E-state index is 0.0844. The number of azo groups is 1. The minimum Gasteiger partial charge on any atom is -0.510 e. The molecule has 0 heterocycles. The van der Waals surface area contributed by atoms with Crippen molar-refractivity contribution in [3.8, 4) is 11.5 Å². The number of carbonyl (C=O) groups is 1. The van der Waals surface area contributed by atoms with Crippen LogP contribution in [-0.2, 0) is 14.8 Å². The Balaban J connectivity index is 1.86. The van der Waals surface area contributed by atoms with Crippen molar-refractivity contribution in [3.63, 3.8) is 0 Å². The number of nitrogens with one attached hydrogen (secondary N) is 2. The quantitative estimate of drug-likeness (QED) is 0.202. The lowest BCUT2D eigenvalue weighted by Gasteiger charge is -2.12. The third kappa shape index (κ3) is 6.60. The number of sulfonamides is 1. The average Bonchev–Trinajstić information content (AvgIpc) is 2.85. The molecule has 3 aromatic carbocycles. The molecule has 0 aliphatic heterocycles. The van der Waals surface area contributed by atoms with Crippen molar-refractivity contribution in [2.24, 2.45) is 10.2 Å². The van der Waals surface area contributed by atoms with Crippen molar-refractivity contribution in [1.29, 1.82) is 0 Å². The molecule has 11 heteroatoms. The number of methoxy groups -OCH3 is 2. The second-order valence-electron chi connectivity index (χ2n) is 7.62. The number of hydrogen-bond acceptors (Lipinski definition) is 8. The third-order valence-electron chi connectivity index (χ3n) is 4.91. The maximum atomic E-state index is 13.1. The number of benzene rings is 3. The van der Waals surface area contributed by atoms with Crippen LogP contribution < -0.4 is 19.5 Å². The van der Waals surface area contributed by atoms with Gasteiger partial charge in [-0.3, -0.25) is 9.52 Å². The lowest BCUT2D eigenvalue weighted by Crippen LogP contribution is -2.14. The van der Waals surface area contributed by atoms with Gasteiger partial charge in [0.05, 0.1) is 19.9 Å². The fraction of sp³-hybridized carbons (Fsp3) is 0.160. The number of aryl methyl sites for hydroxylation is 1. The number of amides is 1. The highest BCUT2D eigenvalue weighted by Gasteiger charge is 2.21. The van der Waals surface area contributed by atoms with Gasteiger partial charge in [-0.05, 0) is 68.4 Å². The van der Waals surface area contributed by atoms with Crippen LogP contribution in [0.2, 0.25) is 0 Å². The van der Waals surface area contributed by atoms with Crippen LogP contribution in [0.15, 0.2) is 93.3 Å². The minimum atomic E-state index is -4.07. The molecule has 1 amide bonds. The number of rotatable bonds is 9. The summed E-state index contributed by atoms with van der Waals surface area (Å²) in [6.45, 7) is 3.21. The summed E-state index contributed by atoms with van der Waals surface area (Å²) in [7, 11) is -1.22. The van der Waals surface area contributed by atoms with Crippen LogP contribution in [-0.4, -0.2) is 33.7 Å². The zero-order chi connectivity index (χ0) is 26.3. The van der Waals surface area contributed by atoms with Crippen molar-refractivity contribution in [2.75, 3.05) is 24.3 Å². The molecule has 0 aliphatic rings. The number of anilines is 2. The average molecular weight is 511 g/mol. The van der Waals surface area contributed by atoms with Crippen LogP contribution in [0.25, 0.3) is 0 Å². The Morgan fingerprint density at radius 3 is 2.14 bits per heavy atom. The lowest BCUT2D eigenvalue weighted by molar-refractivity contribution is -0.113. The Labute approximate surface area is 209 Å². The van der Waals surface area contributed by atoms with Gasteiger partial charge in [-0.1, -0.05) is 17.7 Å². The summed E-state index contributed by atoms with van der Waals surface area (Å²) < 4.78 is 38.9. The molecule has 10 nitrogen and oxygen atoms in total. The van der Waals surface area contributed by atoms with Gasteiger partial charge in [0.1, 0.15) is 22.2 Å². The van der Waals surface area contributed by atoms with Crippen LogP contribution in [0.5, 0.6) is 11.5 Å². The van der Waals surface area contributed by atoms with E-state index in [9.17, 15) is 18.3 Å². The van der Waals surface area contributed by atoms with E-state index in [1.807, 2.05) is 19.1 Å². The topological polar surface area (TPSA) is 139 Å². The highest BCUT2D eigenvalue weighted by Crippen LogP contribution is 2.31. The van der Waals surface area contributed by atoms with E-state index in [4.69, 9.17) is 9.47 Å². The molecule has 0 unspecified atom stereocenters. The third-order valence-corrected chi connectivity index (χ3v) is 6.31. The van der Waals surface area contributed by atoms with Gasteiger partial charge in [-0.25, -0.2) is 8.42 Å². The molecule has 0 radical (unpaired) electrons. The maximum absolute atomic E-state index is 13.1. The van der Waals surface area contributed by atoms with Crippen molar-refractivity contribution >= 4 is 33.0 Å². The molecular weight excluding hydrogens is 484 g/mol. The van der Waals surface area contributed by atoms with E-state index >= 15 is 0 Å². The molecule has 0 fully saturated rings. The van der Waals surface area contributed by atoms with Gasteiger partial charge in [-0.2, -0.15) is 5.11 Å². The summed E-state index contributed by atoms with van der Waals surface area (Å²) >= 11 is 0. The second kappa shape index (κ2) is 11.4. The van der Waals surface area contributed by atoms with Crippen LogP contribution in [0.4, 0.5) is 17.1 Å². The van der Waals surface area contributed by atoms with Crippen LogP contribution >= 0.6 is 0 Å². The first-order valence-corrected chi connectivity index (χ1v) is 12.2. The Hall–Kier alpha value is -4.38. The molecular formula is C25H26N4O6S. The van der Waals surface area contributed by atoms with E-state index in [-0.39, 0.29) is 27.8 Å². The van der Waals surface area contributed by atoms with Gasteiger partial charge in [0.2, 0.25) is 0 Å².